The number of imidazole rings is 1. The van der Waals surface area contributed by atoms with Crippen LogP contribution in [0.25, 0.3) is 11.4 Å². The van der Waals surface area contributed by atoms with Crippen molar-refractivity contribution in [3.05, 3.63) is 76.5 Å². The fraction of sp³-hybridized carbons (Fsp3) is 0.0625. The van der Waals surface area contributed by atoms with Crippen molar-refractivity contribution in [1.29, 1.82) is 0 Å². The zero-order chi connectivity index (χ0) is 14.8. The molecule has 0 bridgehead atoms. The minimum atomic E-state index is -0.334. The number of rotatable bonds is 3. The van der Waals surface area contributed by atoms with Crippen LogP contribution in [0.15, 0.2) is 59.3 Å². The second kappa shape index (κ2) is 5.77. The zero-order valence-electron chi connectivity index (χ0n) is 10.9. The van der Waals surface area contributed by atoms with Gasteiger partial charge in [-0.2, -0.15) is 0 Å². The van der Waals surface area contributed by atoms with Crippen LogP contribution in [0.3, 0.4) is 0 Å². The van der Waals surface area contributed by atoms with Crippen LogP contribution < -0.4 is 0 Å². The van der Waals surface area contributed by atoms with Crippen LogP contribution in [-0.4, -0.2) is 9.55 Å². The number of aromatic nitrogens is 2. The van der Waals surface area contributed by atoms with Gasteiger partial charge in [0.25, 0.3) is 0 Å². The summed E-state index contributed by atoms with van der Waals surface area (Å²) >= 11 is 3.27. The summed E-state index contributed by atoms with van der Waals surface area (Å²) in [6.45, 7) is 0.473. The zero-order valence-corrected chi connectivity index (χ0v) is 12.5. The number of hydrogen-bond acceptors (Lipinski definition) is 1. The van der Waals surface area contributed by atoms with E-state index in [1.165, 1.54) is 24.3 Å². The van der Waals surface area contributed by atoms with E-state index >= 15 is 0 Å². The fourth-order valence-electron chi connectivity index (χ4n) is 2.21. The second-order valence-corrected chi connectivity index (χ2v) is 5.58. The molecule has 0 saturated carbocycles. The van der Waals surface area contributed by atoms with Crippen molar-refractivity contribution in [1.82, 2.24) is 9.55 Å². The lowest BCUT2D eigenvalue weighted by Crippen LogP contribution is -2.01. The monoisotopic (exact) mass is 348 g/mol. The van der Waals surface area contributed by atoms with Gasteiger partial charge in [0.2, 0.25) is 0 Å². The molecule has 106 valence electrons. The Bertz CT molecular complexity index is 763. The molecule has 0 unspecified atom stereocenters. The fourth-order valence-corrected chi connectivity index (χ4v) is 2.68. The quantitative estimate of drug-likeness (QED) is 0.674. The Morgan fingerprint density at radius 2 is 1.90 bits per heavy atom. The molecule has 5 heteroatoms. The van der Waals surface area contributed by atoms with E-state index in [4.69, 9.17) is 0 Å². The van der Waals surface area contributed by atoms with Gasteiger partial charge in [0.15, 0.2) is 0 Å². The highest BCUT2D eigenvalue weighted by atomic mass is 79.9. The van der Waals surface area contributed by atoms with Crippen LogP contribution in [0, 0.1) is 11.6 Å². The normalized spacial score (nSPS) is 10.8. The molecule has 0 N–H and O–H groups in total. The average molecular weight is 349 g/mol. The smallest absolute Gasteiger partial charge is 0.140 e. The van der Waals surface area contributed by atoms with Gasteiger partial charge in [-0.15, -0.1) is 0 Å². The van der Waals surface area contributed by atoms with E-state index in [-0.39, 0.29) is 11.6 Å². The molecule has 0 aliphatic heterocycles. The van der Waals surface area contributed by atoms with Gasteiger partial charge in [-0.1, -0.05) is 28.1 Å². The average Bonchev–Trinajstić information content (AvgIpc) is 2.85. The van der Waals surface area contributed by atoms with Crippen LogP contribution in [0.5, 0.6) is 0 Å². The van der Waals surface area contributed by atoms with E-state index in [0.29, 0.717) is 22.4 Å². The summed E-state index contributed by atoms with van der Waals surface area (Å²) in [6.07, 6.45) is 3.44. The molecule has 21 heavy (non-hydrogen) atoms. The van der Waals surface area contributed by atoms with Gasteiger partial charge in [0.1, 0.15) is 17.5 Å². The van der Waals surface area contributed by atoms with Gasteiger partial charge in [0.05, 0.1) is 0 Å². The lowest BCUT2D eigenvalue weighted by molar-refractivity contribution is 0.623. The van der Waals surface area contributed by atoms with Gasteiger partial charge in [-0.25, -0.2) is 13.8 Å². The van der Waals surface area contributed by atoms with E-state index in [9.17, 15) is 8.78 Å². The van der Waals surface area contributed by atoms with Crippen molar-refractivity contribution in [3.63, 3.8) is 0 Å². The SMILES string of the molecule is Fc1cccc(Cn2ccnc2-c2cc(F)cc(Br)c2)c1. The third-order valence-corrected chi connectivity index (χ3v) is 3.54. The van der Waals surface area contributed by atoms with Crippen molar-refractivity contribution in [2.75, 3.05) is 0 Å². The van der Waals surface area contributed by atoms with Crippen molar-refractivity contribution < 1.29 is 8.78 Å². The summed E-state index contributed by atoms with van der Waals surface area (Å²) in [5, 5.41) is 0. The Balaban J connectivity index is 1.97. The first-order valence-electron chi connectivity index (χ1n) is 6.34. The molecule has 0 amide bonds. The lowest BCUT2D eigenvalue weighted by atomic mass is 10.2. The topological polar surface area (TPSA) is 17.8 Å². The van der Waals surface area contributed by atoms with Crippen LogP contribution in [0.2, 0.25) is 0 Å². The highest BCUT2D eigenvalue weighted by molar-refractivity contribution is 9.10. The van der Waals surface area contributed by atoms with Crippen LogP contribution in [0.4, 0.5) is 8.78 Å². The third-order valence-electron chi connectivity index (χ3n) is 3.08. The van der Waals surface area contributed by atoms with Gasteiger partial charge in [-0.05, 0) is 35.9 Å². The number of halogens is 3. The molecule has 0 spiro atoms. The molecule has 0 saturated heterocycles. The van der Waals surface area contributed by atoms with Gasteiger partial charge in [-0.3, -0.25) is 0 Å². The molecule has 3 rings (SSSR count). The summed E-state index contributed by atoms with van der Waals surface area (Å²) in [5.74, 6) is 0.0295. The Kier molecular flexibility index (Phi) is 3.84. The van der Waals surface area contributed by atoms with Crippen molar-refractivity contribution in [3.8, 4) is 11.4 Å². The molecular formula is C16H11BrF2N2. The number of nitrogens with zero attached hydrogens (tertiary/aromatic N) is 2. The third kappa shape index (κ3) is 3.19. The first-order chi connectivity index (χ1) is 10.1. The molecule has 2 aromatic carbocycles. The first-order valence-corrected chi connectivity index (χ1v) is 7.13. The highest BCUT2D eigenvalue weighted by Crippen LogP contribution is 2.24. The van der Waals surface area contributed by atoms with Crippen molar-refractivity contribution >= 4 is 15.9 Å². The Labute approximate surface area is 129 Å². The van der Waals surface area contributed by atoms with E-state index in [1.807, 2.05) is 10.6 Å². The van der Waals surface area contributed by atoms with Crippen LogP contribution in [0.1, 0.15) is 5.56 Å². The Hall–Kier alpha value is -2.01. The maximum absolute atomic E-state index is 13.5. The summed E-state index contributed by atoms with van der Waals surface area (Å²) in [7, 11) is 0. The molecule has 0 radical (unpaired) electrons. The molecule has 1 heterocycles. The van der Waals surface area contributed by atoms with Gasteiger partial charge in [0, 0.05) is 29.0 Å². The second-order valence-electron chi connectivity index (χ2n) is 4.67. The summed E-state index contributed by atoms with van der Waals surface area (Å²) in [5.41, 5.74) is 1.49. The van der Waals surface area contributed by atoms with E-state index in [1.54, 1.807) is 24.5 Å². The van der Waals surface area contributed by atoms with E-state index < -0.39 is 0 Å². The maximum atomic E-state index is 13.5. The molecule has 0 atom stereocenters. The van der Waals surface area contributed by atoms with E-state index in [0.717, 1.165) is 5.56 Å². The Morgan fingerprint density at radius 3 is 2.67 bits per heavy atom. The highest BCUT2D eigenvalue weighted by Gasteiger charge is 2.09. The molecule has 0 fully saturated rings. The lowest BCUT2D eigenvalue weighted by Gasteiger charge is -2.09. The van der Waals surface area contributed by atoms with Crippen LogP contribution >= 0.6 is 15.9 Å². The molecule has 2 nitrogen and oxygen atoms in total. The summed E-state index contributed by atoms with van der Waals surface area (Å²) < 4.78 is 29.3. The van der Waals surface area contributed by atoms with Crippen LogP contribution in [-0.2, 0) is 6.54 Å². The van der Waals surface area contributed by atoms with Gasteiger partial charge < -0.3 is 4.57 Å². The number of hydrogen-bond donors (Lipinski definition) is 0. The molecule has 1 aromatic heterocycles. The first kappa shape index (κ1) is 13.9. The minimum absolute atomic E-state index is 0.275. The number of benzene rings is 2. The maximum Gasteiger partial charge on any atom is 0.140 e. The standard InChI is InChI=1S/C16H11BrF2N2/c17-13-7-12(8-15(19)9-13)16-20-4-5-21(16)10-11-2-1-3-14(18)6-11/h1-9H,10H2. The van der Waals surface area contributed by atoms with Gasteiger partial charge >= 0.3 is 0 Å². The Morgan fingerprint density at radius 1 is 1.05 bits per heavy atom. The molecule has 0 aliphatic carbocycles. The van der Waals surface area contributed by atoms with Crippen molar-refractivity contribution in [2.45, 2.75) is 6.54 Å². The molecule has 0 aliphatic rings. The predicted octanol–water partition coefficient (Wildman–Crippen LogP) is 4.64. The largest absolute Gasteiger partial charge is 0.327 e. The predicted molar refractivity (Wildman–Crippen MR) is 80.8 cm³/mol. The van der Waals surface area contributed by atoms with Crippen molar-refractivity contribution in [2.24, 2.45) is 0 Å². The molecular weight excluding hydrogens is 338 g/mol. The summed E-state index contributed by atoms with van der Waals surface area (Å²) in [4.78, 5) is 4.27. The molecule has 3 aromatic rings. The summed E-state index contributed by atoms with van der Waals surface area (Å²) in [6, 6.07) is 11.0. The van der Waals surface area contributed by atoms with E-state index in [2.05, 4.69) is 20.9 Å². The minimum Gasteiger partial charge on any atom is -0.327 e.